The van der Waals surface area contributed by atoms with Gasteiger partial charge in [-0.15, -0.1) is 0 Å². The molecule has 0 aromatic heterocycles. The lowest BCUT2D eigenvalue weighted by atomic mass is 9.80. The Balaban J connectivity index is 2.69. The van der Waals surface area contributed by atoms with E-state index in [9.17, 15) is 8.78 Å². The zero-order chi connectivity index (χ0) is 13.8. The molecule has 1 rings (SSSR count). The van der Waals surface area contributed by atoms with E-state index in [1.807, 2.05) is 0 Å². The molecule has 18 heavy (non-hydrogen) atoms. The van der Waals surface area contributed by atoms with E-state index < -0.39 is 11.6 Å². The molecule has 0 aliphatic carbocycles. The molecule has 1 N–H and O–H groups in total. The zero-order valence-electron chi connectivity index (χ0n) is 11.7. The monoisotopic (exact) mass is 255 g/mol. The Hall–Kier alpha value is -0.960. The van der Waals surface area contributed by atoms with E-state index in [4.69, 9.17) is 0 Å². The Kier molecular flexibility index (Phi) is 5.27. The maximum atomic E-state index is 13.1. The van der Waals surface area contributed by atoms with Crippen LogP contribution < -0.4 is 5.32 Å². The van der Waals surface area contributed by atoms with Crippen LogP contribution in [0.15, 0.2) is 18.2 Å². The average Bonchev–Trinajstić information content (AvgIpc) is 2.13. The van der Waals surface area contributed by atoms with Crippen molar-refractivity contribution < 1.29 is 8.78 Å². The highest BCUT2D eigenvalue weighted by Crippen LogP contribution is 2.28. The van der Waals surface area contributed by atoms with Crippen LogP contribution >= 0.6 is 0 Å². The number of benzene rings is 1. The quantitative estimate of drug-likeness (QED) is 0.812. The predicted octanol–water partition coefficient (Wildman–Crippen LogP) is 3.92. The number of halogens is 2. The molecule has 0 spiro atoms. The van der Waals surface area contributed by atoms with E-state index in [-0.39, 0.29) is 5.41 Å². The Morgan fingerprint density at radius 3 is 2.22 bits per heavy atom. The molecule has 1 atom stereocenters. The van der Waals surface area contributed by atoms with E-state index in [1.165, 1.54) is 12.1 Å². The Bertz CT molecular complexity index is 368. The zero-order valence-corrected chi connectivity index (χ0v) is 11.7. The van der Waals surface area contributed by atoms with Gasteiger partial charge < -0.3 is 5.32 Å². The molecule has 0 saturated heterocycles. The molecular formula is C15H23F2N. The maximum absolute atomic E-state index is 13.1. The van der Waals surface area contributed by atoms with Crippen LogP contribution in [0.1, 0.15) is 39.7 Å². The fraction of sp³-hybridized carbons (Fsp3) is 0.600. The SMILES string of the molecule is CCNC(C)CC(C)(C)Cc1cc(F)cc(F)c1. The van der Waals surface area contributed by atoms with Crippen LogP contribution in [-0.2, 0) is 6.42 Å². The lowest BCUT2D eigenvalue weighted by molar-refractivity contribution is 0.288. The van der Waals surface area contributed by atoms with Crippen molar-refractivity contribution in [2.24, 2.45) is 5.41 Å². The third-order valence-corrected chi connectivity index (χ3v) is 3.02. The molecule has 1 nitrogen and oxygen atoms in total. The summed E-state index contributed by atoms with van der Waals surface area (Å²) in [6, 6.07) is 4.16. The summed E-state index contributed by atoms with van der Waals surface area (Å²) < 4.78 is 26.3. The van der Waals surface area contributed by atoms with Crippen molar-refractivity contribution in [1.82, 2.24) is 5.32 Å². The van der Waals surface area contributed by atoms with Crippen LogP contribution in [0.2, 0.25) is 0 Å². The maximum Gasteiger partial charge on any atom is 0.126 e. The molecular weight excluding hydrogens is 232 g/mol. The molecule has 3 heteroatoms. The number of hydrogen-bond acceptors (Lipinski definition) is 1. The Morgan fingerprint density at radius 2 is 1.72 bits per heavy atom. The lowest BCUT2D eigenvalue weighted by Crippen LogP contribution is -2.32. The molecule has 102 valence electrons. The summed E-state index contributed by atoms with van der Waals surface area (Å²) in [4.78, 5) is 0. The minimum absolute atomic E-state index is 0.0157. The average molecular weight is 255 g/mol. The van der Waals surface area contributed by atoms with Crippen LogP contribution in [0, 0.1) is 17.0 Å². The van der Waals surface area contributed by atoms with E-state index >= 15 is 0 Å². The lowest BCUT2D eigenvalue weighted by Gasteiger charge is -2.28. The highest BCUT2D eigenvalue weighted by Gasteiger charge is 2.21. The summed E-state index contributed by atoms with van der Waals surface area (Å²) in [5.41, 5.74) is 0.739. The van der Waals surface area contributed by atoms with Gasteiger partial charge in [0.05, 0.1) is 0 Å². The van der Waals surface area contributed by atoms with Gasteiger partial charge in [0.25, 0.3) is 0 Å². The molecule has 0 aliphatic rings. The summed E-state index contributed by atoms with van der Waals surface area (Å²) in [5.74, 6) is -0.999. The van der Waals surface area contributed by atoms with Gasteiger partial charge in [-0.05, 0) is 49.4 Å². The van der Waals surface area contributed by atoms with Crippen molar-refractivity contribution in [3.05, 3.63) is 35.4 Å². The minimum Gasteiger partial charge on any atom is -0.315 e. The molecule has 0 amide bonds. The van der Waals surface area contributed by atoms with Crippen molar-refractivity contribution in [2.45, 2.75) is 46.6 Å². The van der Waals surface area contributed by atoms with Crippen molar-refractivity contribution in [1.29, 1.82) is 0 Å². The second-order valence-corrected chi connectivity index (χ2v) is 5.78. The molecule has 0 saturated carbocycles. The second kappa shape index (κ2) is 6.28. The number of hydrogen-bond donors (Lipinski definition) is 1. The van der Waals surface area contributed by atoms with Gasteiger partial charge in [0.1, 0.15) is 11.6 Å². The largest absolute Gasteiger partial charge is 0.315 e. The second-order valence-electron chi connectivity index (χ2n) is 5.78. The highest BCUT2D eigenvalue weighted by molar-refractivity contribution is 5.19. The van der Waals surface area contributed by atoms with Crippen LogP contribution in [-0.4, -0.2) is 12.6 Å². The van der Waals surface area contributed by atoms with Gasteiger partial charge in [-0.2, -0.15) is 0 Å². The number of rotatable bonds is 6. The van der Waals surface area contributed by atoms with Crippen molar-refractivity contribution in [2.75, 3.05) is 6.54 Å². The summed E-state index contributed by atoms with van der Waals surface area (Å²) in [6.07, 6.45) is 1.65. The van der Waals surface area contributed by atoms with E-state index in [0.717, 1.165) is 24.6 Å². The third-order valence-electron chi connectivity index (χ3n) is 3.02. The Labute approximate surface area is 109 Å². The minimum atomic E-state index is -0.500. The van der Waals surface area contributed by atoms with E-state index in [1.54, 1.807) is 0 Å². The Morgan fingerprint density at radius 1 is 1.17 bits per heavy atom. The first-order valence-corrected chi connectivity index (χ1v) is 6.51. The molecule has 0 fully saturated rings. The number of nitrogens with one attached hydrogen (secondary N) is 1. The smallest absolute Gasteiger partial charge is 0.126 e. The van der Waals surface area contributed by atoms with Gasteiger partial charge in [0.15, 0.2) is 0 Å². The van der Waals surface area contributed by atoms with Gasteiger partial charge >= 0.3 is 0 Å². The van der Waals surface area contributed by atoms with Gasteiger partial charge in [-0.3, -0.25) is 0 Å². The van der Waals surface area contributed by atoms with Crippen molar-refractivity contribution in [3.63, 3.8) is 0 Å². The topological polar surface area (TPSA) is 12.0 Å². The van der Waals surface area contributed by atoms with Crippen LogP contribution in [0.3, 0.4) is 0 Å². The van der Waals surface area contributed by atoms with Gasteiger partial charge in [-0.25, -0.2) is 8.78 Å². The molecule has 1 aromatic rings. The molecule has 0 bridgehead atoms. The standard InChI is InChI=1S/C15H23F2N/c1-5-18-11(2)9-15(3,4)10-12-6-13(16)8-14(17)7-12/h6-8,11,18H,5,9-10H2,1-4H3. The summed E-state index contributed by atoms with van der Waals surface area (Å²) in [5, 5.41) is 3.36. The normalized spacial score (nSPS) is 13.7. The fourth-order valence-electron chi connectivity index (χ4n) is 2.59. The van der Waals surface area contributed by atoms with Gasteiger partial charge in [0.2, 0.25) is 0 Å². The molecule has 0 heterocycles. The first-order chi connectivity index (χ1) is 8.32. The summed E-state index contributed by atoms with van der Waals surface area (Å²) >= 11 is 0. The fourth-order valence-corrected chi connectivity index (χ4v) is 2.59. The van der Waals surface area contributed by atoms with E-state index in [2.05, 4.69) is 33.0 Å². The van der Waals surface area contributed by atoms with Crippen LogP contribution in [0.5, 0.6) is 0 Å². The summed E-state index contributed by atoms with van der Waals surface area (Å²) in [7, 11) is 0. The molecule has 0 radical (unpaired) electrons. The summed E-state index contributed by atoms with van der Waals surface area (Å²) in [6.45, 7) is 9.40. The van der Waals surface area contributed by atoms with Crippen molar-refractivity contribution in [3.8, 4) is 0 Å². The molecule has 1 unspecified atom stereocenters. The van der Waals surface area contributed by atoms with Gasteiger partial charge in [-0.1, -0.05) is 20.8 Å². The van der Waals surface area contributed by atoms with Crippen molar-refractivity contribution >= 4 is 0 Å². The first kappa shape index (κ1) is 15.1. The third kappa shape index (κ3) is 5.13. The predicted molar refractivity (Wildman–Crippen MR) is 71.6 cm³/mol. The highest BCUT2D eigenvalue weighted by atomic mass is 19.1. The van der Waals surface area contributed by atoms with Crippen LogP contribution in [0.25, 0.3) is 0 Å². The van der Waals surface area contributed by atoms with Gasteiger partial charge in [0, 0.05) is 12.1 Å². The molecule has 0 aliphatic heterocycles. The molecule has 1 aromatic carbocycles. The first-order valence-electron chi connectivity index (χ1n) is 6.51. The van der Waals surface area contributed by atoms with E-state index in [0.29, 0.717) is 12.5 Å². The van der Waals surface area contributed by atoms with Crippen LogP contribution in [0.4, 0.5) is 8.78 Å².